The van der Waals surface area contributed by atoms with Crippen LogP contribution in [0, 0.1) is 5.41 Å². The third-order valence-corrected chi connectivity index (χ3v) is 4.00. The number of rotatable bonds is 6. The topological polar surface area (TPSA) is 32.3 Å². The van der Waals surface area contributed by atoms with Gasteiger partial charge in [0.15, 0.2) is 0 Å². The zero-order chi connectivity index (χ0) is 13.6. The summed E-state index contributed by atoms with van der Waals surface area (Å²) in [4.78, 5) is 1.22. The minimum absolute atomic E-state index is 0.0437. The number of hydrogen-bond donors (Lipinski definition) is 2. The van der Waals surface area contributed by atoms with E-state index in [4.69, 9.17) is 0 Å². The molecule has 2 nitrogen and oxygen atoms in total. The Morgan fingerprint density at radius 3 is 2.33 bits per heavy atom. The molecule has 0 spiro atoms. The number of aliphatic hydroxyl groups excluding tert-OH is 1. The highest BCUT2D eigenvalue weighted by molar-refractivity contribution is 7.99. The van der Waals surface area contributed by atoms with Gasteiger partial charge >= 0.3 is 0 Å². The molecule has 0 aliphatic heterocycles. The lowest BCUT2D eigenvalue weighted by Crippen LogP contribution is -2.28. The minimum Gasteiger partial charge on any atom is -0.392 e. The molecule has 18 heavy (non-hydrogen) atoms. The van der Waals surface area contributed by atoms with Crippen molar-refractivity contribution < 1.29 is 5.11 Å². The predicted molar refractivity (Wildman–Crippen MR) is 80.0 cm³/mol. The summed E-state index contributed by atoms with van der Waals surface area (Å²) in [6, 6.07) is 8.56. The van der Waals surface area contributed by atoms with Crippen molar-refractivity contribution in [3.8, 4) is 0 Å². The molecule has 0 saturated heterocycles. The first-order valence-corrected chi connectivity index (χ1v) is 7.52. The summed E-state index contributed by atoms with van der Waals surface area (Å²) in [7, 11) is 0. The number of hydrogen-bond acceptors (Lipinski definition) is 3. The van der Waals surface area contributed by atoms with Crippen LogP contribution in [0.5, 0.6) is 0 Å². The number of thioether (sulfide) groups is 1. The Morgan fingerprint density at radius 1 is 1.22 bits per heavy atom. The average Bonchev–Trinajstić information content (AvgIpc) is 2.33. The number of benzene rings is 1. The SMILES string of the molecule is CCNCc1ccc(SCC(O)C(C)(C)C)cc1. The standard InChI is InChI=1S/C15H25NOS/c1-5-16-10-12-6-8-13(9-7-12)18-11-14(17)15(2,3)4/h6-9,14,16-17H,5,10-11H2,1-4H3. The Hall–Kier alpha value is -0.510. The van der Waals surface area contributed by atoms with Gasteiger partial charge in [0.1, 0.15) is 0 Å². The van der Waals surface area contributed by atoms with Gasteiger partial charge in [-0.1, -0.05) is 39.8 Å². The summed E-state index contributed by atoms with van der Waals surface area (Å²) in [5.74, 6) is 0.746. The quantitative estimate of drug-likeness (QED) is 0.776. The molecule has 1 aromatic carbocycles. The second-order valence-corrected chi connectivity index (χ2v) is 6.71. The fourth-order valence-corrected chi connectivity index (χ4v) is 2.58. The molecule has 0 saturated carbocycles. The summed E-state index contributed by atoms with van der Waals surface area (Å²) in [5.41, 5.74) is 1.26. The van der Waals surface area contributed by atoms with E-state index in [9.17, 15) is 5.11 Å². The van der Waals surface area contributed by atoms with E-state index in [2.05, 4.69) is 57.3 Å². The molecular formula is C15H25NOS. The molecular weight excluding hydrogens is 242 g/mol. The molecule has 0 heterocycles. The highest BCUT2D eigenvalue weighted by Crippen LogP contribution is 2.26. The first kappa shape index (κ1) is 15.5. The van der Waals surface area contributed by atoms with Crippen LogP contribution in [0.15, 0.2) is 29.2 Å². The molecule has 1 aromatic rings. The van der Waals surface area contributed by atoms with Crippen LogP contribution in [0.1, 0.15) is 33.3 Å². The maximum absolute atomic E-state index is 9.99. The van der Waals surface area contributed by atoms with Gasteiger partial charge in [-0.2, -0.15) is 0 Å². The van der Waals surface area contributed by atoms with Crippen molar-refractivity contribution in [3.05, 3.63) is 29.8 Å². The molecule has 0 bridgehead atoms. The van der Waals surface area contributed by atoms with Crippen molar-refractivity contribution in [3.63, 3.8) is 0 Å². The smallest absolute Gasteiger partial charge is 0.0682 e. The first-order valence-electron chi connectivity index (χ1n) is 6.54. The van der Waals surface area contributed by atoms with Crippen LogP contribution in [0.25, 0.3) is 0 Å². The van der Waals surface area contributed by atoms with Crippen molar-refractivity contribution in [2.45, 2.75) is 45.2 Å². The fourth-order valence-electron chi connectivity index (χ4n) is 1.40. The van der Waals surface area contributed by atoms with E-state index in [1.165, 1.54) is 10.5 Å². The third-order valence-electron chi connectivity index (χ3n) is 2.91. The molecule has 0 aromatic heterocycles. The Bertz CT molecular complexity index is 343. The third kappa shape index (κ3) is 5.42. The minimum atomic E-state index is -0.274. The van der Waals surface area contributed by atoms with Gasteiger partial charge in [0.25, 0.3) is 0 Å². The number of aliphatic hydroxyl groups is 1. The highest BCUT2D eigenvalue weighted by Gasteiger charge is 2.21. The molecule has 1 unspecified atom stereocenters. The van der Waals surface area contributed by atoms with E-state index in [0.717, 1.165) is 18.8 Å². The molecule has 1 rings (SSSR count). The fraction of sp³-hybridized carbons (Fsp3) is 0.600. The van der Waals surface area contributed by atoms with Gasteiger partial charge in [-0.3, -0.25) is 0 Å². The van der Waals surface area contributed by atoms with Gasteiger partial charge in [0.2, 0.25) is 0 Å². The largest absolute Gasteiger partial charge is 0.392 e. The Balaban J connectivity index is 2.44. The molecule has 0 amide bonds. The van der Waals surface area contributed by atoms with Gasteiger partial charge in [-0.25, -0.2) is 0 Å². The lowest BCUT2D eigenvalue weighted by Gasteiger charge is -2.25. The second-order valence-electron chi connectivity index (χ2n) is 5.62. The lowest BCUT2D eigenvalue weighted by atomic mass is 9.90. The second kappa shape index (κ2) is 7.17. The van der Waals surface area contributed by atoms with Crippen LogP contribution < -0.4 is 5.32 Å². The van der Waals surface area contributed by atoms with Gasteiger partial charge in [0, 0.05) is 17.2 Å². The summed E-state index contributed by atoms with van der Waals surface area (Å²) < 4.78 is 0. The van der Waals surface area contributed by atoms with Crippen molar-refractivity contribution in [2.75, 3.05) is 12.3 Å². The van der Waals surface area contributed by atoms with Crippen molar-refractivity contribution >= 4 is 11.8 Å². The molecule has 0 aliphatic carbocycles. The molecule has 2 N–H and O–H groups in total. The Kier molecular flexibility index (Phi) is 6.19. The van der Waals surface area contributed by atoms with E-state index in [-0.39, 0.29) is 11.5 Å². The van der Waals surface area contributed by atoms with E-state index in [1.807, 2.05) is 0 Å². The molecule has 0 radical (unpaired) electrons. The van der Waals surface area contributed by atoms with Gasteiger partial charge < -0.3 is 10.4 Å². The molecule has 102 valence electrons. The van der Waals surface area contributed by atoms with E-state index < -0.39 is 0 Å². The summed E-state index contributed by atoms with van der Waals surface area (Å²) >= 11 is 1.72. The monoisotopic (exact) mass is 267 g/mol. The average molecular weight is 267 g/mol. The van der Waals surface area contributed by atoms with Gasteiger partial charge in [-0.05, 0) is 29.7 Å². The zero-order valence-electron chi connectivity index (χ0n) is 11.9. The van der Waals surface area contributed by atoms with Crippen molar-refractivity contribution in [1.29, 1.82) is 0 Å². The molecule has 3 heteroatoms. The van der Waals surface area contributed by atoms with Crippen LogP contribution in [0.4, 0.5) is 0 Å². The predicted octanol–water partition coefficient (Wildman–Crippen LogP) is 3.30. The van der Waals surface area contributed by atoms with E-state index >= 15 is 0 Å². The Morgan fingerprint density at radius 2 is 1.83 bits per heavy atom. The molecule has 1 atom stereocenters. The molecule has 0 fully saturated rings. The van der Waals surface area contributed by atoms with Crippen LogP contribution in [0.3, 0.4) is 0 Å². The first-order chi connectivity index (χ1) is 8.43. The van der Waals surface area contributed by atoms with Gasteiger partial charge in [-0.15, -0.1) is 11.8 Å². The lowest BCUT2D eigenvalue weighted by molar-refractivity contribution is 0.0843. The van der Waals surface area contributed by atoms with E-state index in [0.29, 0.717) is 0 Å². The van der Waals surface area contributed by atoms with Crippen molar-refractivity contribution in [1.82, 2.24) is 5.32 Å². The van der Waals surface area contributed by atoms with Crippen LogP contribution >= 0.6 is 11.8 Å². The van der Waals surface area contributed by atoms with Gasteiger partial charge in [0.05, 0.1) is 6.10 Å². The zero-order valence-corrected chi connectivity index (χ0v) is 12.7. The normalized spacial score (nSPS) is 13.6. The van der Waals surface area contributed by atoms with Crippen LogP contribution in [-0.2, 0) is 6.54 Å². The number of nitrogens with one attached hydrogen (secondary N) is 1. The maximum atomic E-state index is 9.99. The van der Waals surface area contributed by atoms with E-state index in [1.54, 1.807) is 11.8 Å². The van der Waals surface area contributed by atoms with Crippen molar-refractivity contribution in [2.24, 2.45) is 5.41 Å². The summed E-state index contributed by atoms with van der Waals surface area (Å²) in [5, 5.41) is 13.3. The summed E-state index contributed by atoms with van der Waals surface area (Å²) in [6.45, 7) is 10.2. The highest BCUT2D eigenvalue weighted by atomic mass is 32.2. The molecule has 0 aliphatic rings. The maximum Gasteiger partial charge on any atom is 0.0682 e. The summed E-state index contributed by atoms with van der Waals surface area (Å²) in [6.07, 6.45) is -0.274. The van der Waals surface area contributed by atoms with Crippen LogP contribution in [-0.4, -0.2) is 23.5 Å². The Labute approximate surface area is 115 Å². The van der Waals surface area contributed by atoms with Crippen LogP contribution in [0.2, 0.25) is 0 Å².